The molecule has 6 N–H and O–H groups in total. The number of likely N-dealkylation sites (N-methyl/N-ethyl adjacent to an activating group) is 1. The molecule has 5 rings (SSSR count). The summed E-state index contributed by atoms with van der Waals surface area (Å²) in [5, 5.41) is 7.09. The Labute approximate surface area is 202 Å². The van der Waals surface area contributed by atoms with E-state index in [0.717, 1.165) is 51.9 Å². The lowest BCUT2D eigenvalue weighted by molar-refractivity contribution is -0.128. The molecule has 1 aliphatic carbocycles. The van der Waals surface area contributed by atoms with Crippen LogP contribution in [0.3, 0.4) is 0 Å². The lowest BCUT2D eigenvalue weighted by Crippen LogP contribution is -2.62. The van der Waals surface area contributed by atoms with E-state index < -0.39 is 15.3 Å². The van der Waals surface area contributed by atoms with Crippen LogP contribution in [0.25, 0.3) is 0 Å². The van der Waals surface area contributed by atoms with Gasteiger partial charge in [-0.15, -0.1) is 0 Å². The molecule has 0 radical (unpaired) electrons. The van der Waals surface area contributed by atoms with Gasteiger partial charge in [0.1, 0.15) is 5.25 Å². The Hall–Kier alpha value is -0.900. The summed E-state index contributed by atoms with van der Waals surface area (Å²) in [6, 6.07) is 0.189. The topological polar surface area (TPSA) is 144 Å². The standard InChI is InChI=1S/C21H40N8O4S/c1-27-20-13(8-24-27)3-4-17(33-2)19(20)26-34(31,32)16-9-25-29(12-16)18-7-15(5-6-23-18)28-10-14(11-28)21(22)30/h13-20,23-26H,3-12H2,1-2H3,(H2,22,30). The number of hydrazine groups is 2. The van der Waals surface area contributed by atoms with Crippen molar-refractivity contribution in [2.24, 2.45) is 17.6 Å². The fraction of sp³-hybridized carbons (Fsp3) is 0.952. The number of sulfonamides is 1. The van der Waals surface area contributed by atoms with E-state index in [2.05, 4.69) is 25.8 Å². The zero-order chi connectivity index (χ0) is 24.0. The summed E-state index contributed by atoms with van der Waals surface area (Å²) < 4.78 is 35.7. The predicted octanol–water partition coefficient (Wildman–Crippen LogP) is -2.80. The minimum absolute atomic E-state index is 0.0386. The molecule has 194 valence electrons. The number of hydrogen-bond acceptors (Lipinski definition) is 10. The highest BCUT2D eigenvalue weighted by molar-refractivity contribution is 7.90. The van der Waals surface area contributed by atoms with Crippen LogP contribution in [-0.2, 0) is 19.6 Å². The Balaban J connectivity index is 1.19. The van der Waals surface area contributed by atoms with E-state index in [1.807, 2.05) is 17.1 Å². The molecule has 0 aromatic heterocycles. The maximum atomic E-state index is 13.5. The number of primary amides is 1. The molecule has 0 aromatic carbocycles. The number of nitrogens with two attached hydrogens (primary N) is 1. The third-order valence-electron chi connectivity index (χ3n) is 8.65. The highest BCUT2D eigenvalue weighted by atomic mass is 32.2. The second-order valence-corrected chi connectivity index (χ2v) is 12.6. The van der Waals surface area contributed by atoms with Crippen molar-refractivity contribution in [2.75, 3.05) is 53.4 Å². The number of likely N-dealkylation sites (tertiary alicyclic amines) is 1. The summed E-state index contributed by atoms with van der Waals surface area (Å²) in [7, 11) is 0.0984. The first kappa shape index (κ1) is 24.8. The number of nitrogens with one attached hydrogen (secondary N) is 4. The zero-order valence-corrected chi connectivity index (χ0v) is 21.0. The van der Waals surface area contributed by atoms with Gasteiger partial charge in [0.2, 0.25) is 15.9 Å². The molecule has 4 saturated heterocycles. The summed E-state index contributed by atoms with van der Waals surface area (Å²) in [5.74, 6) is 0.160. The third-order valence-corrected chi connectivity index (χ3v) is 10.4. The summed E-state index contributed by atoms with van der Waals surface area (Å²) in [4.78, 5) is 13.7. The minimum atomic E-state index is -3.55. The quantitative estimate of drug-likeness (QED) is 0.249. The van der Waals surface area contributed by atoms with Crippen LogP contribution in [0, 0.1) is 11.8 Å². The Morgan fingerprint density at radius 2 is 1.91 bits per heavy atom. The first-order valence-electron chi connectivity index (χ1n) is 12.5. The van der Waals surface area contributed by atoms with E-state index in [-0.39, 0.29) is 36.2 Å². The molecule has 12 nitrogen and oxygen atoms in total. The molecule has 1 saturated carbocycles. The van der Waals surface area contributed by atoms with Crippen molar-refractivity contribution < 1.29 is 17.9 Å². The van der Waals surface area contributed by atoms with Crippen LogP contribution in [0.1, 0.15) is 25.7 Å². The molecule has 4 aliphatic heterocycles. The molecule has 13 heteroatoms. The average molecular weight is 501 g/mol. The normalized spacial score (nSPS) is 40.8. The van der Waals surface area contributed by atoms with E-state index in [1.54, 1.807) is 7.11 Å². The van der Waals surface area contributed by atoms with E-state index >= 15 is 0 Å². The predicted molar refractivity (Wildman–Crippen MR) is 126 cm³/mol. The Morgan fingerprint density at radius 1 is 1.12 bits per heavy atom. The number of piperidine rings is 1. The van der Waals surface area contributed by atoms with Crippen molar-refractivity contribution in [3.8, 4) is 0 Å². The highest BCUT2D eigenvalue weighted by Gasteiger charge is 2.48. The minimum Gasteiger partial charge on any atom is -0.380 e. The first-order chi connectivity index (χ1) is 16.3. The largest absolute Gasteiger partial charge is 0.380 e. The van der Waals surface area contributed by atoms with Crippen LogP contribution in [0.5, 0.6) is 0 Å². The number of amides is 1. The van der Waals surface area contributed by atoms with Gasteiger partial charge in [-0.3, -0.25) is 20.5 Å². The van der Waals surface area contributed by atoms with Crippen molar-refractivity contribution in [3.63, 3.8) is 0 Å². The van der Waals surface area contributed by atoms with Gasteiger partial charge in [-0.25, -0.2) is 23.2 Å². The molecule has 4 heterocycles. The smallest absolute Gasteiger partial charge is 0.223 e. The zero-order valence-electron chi connectivity index (χ0n) is 20.2. The van der Waals surface area contributed by atoms with Crippen LogP contribution in [0.15, 0.2) is 0 Å². The van der Waals surface area contributed by atoms with Crippen LogP contribution in [-0.4, -0.2) is 118 Å². The number of hydrogen-bond donors (Lipinski definition) is 5. The Bertz CT molecular complexity index is 856. The molecule has 0 aromatic rings. The fourth-order valence-electron chi connectivity index (χ4n) is 6.53. The van der Waals surface area contributed by atoms with Gasteiger partial charge in [0.25, 0.3) is 0 Å². The van der Waals surface area contributed by atoms with Crippen molar-refractivity contribution in [1.29, 1.82) is 0 Å². The Morgan fingerprint density at radius 3 is 2.65 bits per heavy atom. The van der Waals surface area contributed by atoms with Crippen molar-refractivity contribution in [2.45, 2.75) is 61.3 Å². The monoisotopic (exact) mass is 500 g/mol. The van der Waals surface area contributed by atoms with Gasteiger partial charge >= 0.3 is 0 Å². The molecule has 5 fully saturated rings. The van der Waals surface area contributed by atoms with Gasteiger partial charge in [0.05, 0.1) is 24.2 Å². The van der Waals surface area contributed by atoms with Crippen LogP contribution < -0.4 is 26.6 Å². The fourth-order valence-corrected chi connectivity index (χ4v) is 8.05. The molecular weight excluding hydrogens is 460 g/mol. The average Bonchev–Trinajstić information content (AvgIpc) is 3.41. The second kappa shape index (κ2) is 9.87. The van der Waals surface area contributed by atoms with Gasteiger partial charge < -0.3 is 15.8 Å². The van der Waals surface area contributed by atoms with Gasteiger partial charge in [0.15, 0.2) is 0 Å². The lowest BCUT2D eigenvalue weighted by atomic mass is 9.80. The number of carbonyl (C=O) groups excluding carboxylic acids is 1. The Kier molecular flexibility index (Phi) is 7.19. The maximum Gasteiger partial charge on any atom is 0.223 e. The molecule has 34 heavy (non-hydrogen) atoms. The summed E-state index contributed by atoms with van der Waals surface area (Å²) in [5.41, 5.74) is 12.1. The third kappa shape index (κ3) is 4.74. The van der Waals surface area contributed by atoms with Crippen LogP contribution in [0.2, 0.25) is 0 Å². The van der Waals surface area contributed by atoms with Crippen LogP contribution >= 0.6 is 0 Å². The maximum absolute atomic E-state index is 13.5. The number of carbonyl (C=O) groups is 1. The van der Waals surface area contributed by atoms with Gasteiger partial charge in [-0.2, -0.15) is 0 Å². The number of methoxy groups -OCH3 is 1. The number of ether oxygens (including phenoxy) is 1. The van der Waals surface area contributed by atoms with Crippen molar-refractivity contribution in [1.82, 2.24) is 35.8 Å². The van der Waals surface area contributed by atoms with Crippen molar-refractivity contribution in [3.05, 3.63) is 0 Å². The molecular formula is C21H40N8O4S. The second-order valence-electron chi connectivity index (χ2n) is 10.6. The van der Waals surface area contributed by atoms with E-state index in [1.165, 1.54) is 0 Å². The first-order valence-corrected chi connectivity index (χ1v) is 14.1. The van der Waals surface area contributed by atoms with E-state index in [4.69, 9.17) is 10.5 Å². The molecule has 5 aliphatic rings. The number of rotatable bonds is 7. The van der Waals surface area contributed by atoms with Gasteiger partial charge in [-0.1, -0.05) is 0 Å². The van der Waals surface area contributed by atoms with Gasteiger partial charge in [0, 0.05) is 59.0 Å². The van der Waals surface area contributed by atoms with E-state index in [9.17, 15) is 13.2 Å². The van der Waals surface area contributed by atoms with Gasteiger partial charge in [-0.05, 0) is 38.1 Å². The van der Waals surface area contributed by atoms with Crippen molar-refractivity contribution >= 4 is 15.9 Å². The molecule has 0 spiro atoms. The molecule has 7 unspecified atom stereocenters. The summed E-state index contributed by atoms with van der Waals surface area (Å²) in [6.45, 7) is 4.01. The SMILES string of the molecule is COC1CCC2CNN(C)C2C1NS(=O)(=O)C1CNN(C2CC(N3CC(C(N)=O)C3)CCN2)C1. The summed E-state index contributed by atoms with van der Waals surface area (Å²) >= 11 is 0. The van der Waals surface area contributed by atoms with E-state index in [0.29, 0.717) is 25.0 Å². The van der Waals surface area contributed by atoms with Crippen LogP contribution in [0.4, 0.5) is 0 Å². The molecule has 1 amide bonds. The molecule has 0 bridgehead atoms. The highest BCUT2D eigenvalue weighted by Crippen LogP contribution is 2.33. The number of nitrogens with zero attached hydrogens (tertiary/aromatic N) is 3. The molecule has 7 atom stereocenters. The number of fused-ring (bicyclic) bond motifs is 1. The summed E-state index contributed by atoms with van der Waals surface area (Å²) in [6.07, 6.45) is 3.71. The lowest BCUT2D eigenvalue weighted by Gasteiger charge is -2.47.